The Kier molecular flexibility index (Phi) is 7.47. The first-order chi connectivity index (χ1) is 16.0. The van der Waals surface area contributed by atoms with Crippen LogP contribution in [0.25, 0.3) is 10.2 Å². The predicted molar refractivity (Wildman–Crippen MR) is 132 cm³/mol. The van der Waals surface area contributed by atoms with Gasteiger partial charge in [0, 0.05) is 26.2 Å². The highest BCUT2D eigenvalue weighted by atomic mass is 32.1. The second-order valence-corrected chi connectivity index (χ2v) is 9.23. The summed E-state index contributed by atoms with van der Waals surface area (Å²) in [4.78, 5) is 22.6. The van der Waals surface area contributed by atoms with Crippen LogP contribution in [-0.2, 0) is 16.0 Å². The number of carbonyl (C=O) groups is 1. The molecule has 0 radical (unpaired) electrons. The molecule has 33 heavy (non-hydrogen) atoms. The van der Waals surface area contributed by atoms with Crippen LogP contribution in [0.5, 0.6) is 11.5 Å². The van der Waals surface area contributed by atoms with Gasteiger partial charge >= 0.3 is 0 Å². The second kappa shape index (κ2) is 10.5. The normalized spacial score (nSPS) is 14.4. The first-order valence-electron chi connectivity index (χ1n) is 11.2. The van der Waals surface area contributed by atoms with Crippen LogP contribution in [0.4, 0.5) is 5.13 Å². The van der Waals surface area contributed by atoms with Crippen molar-refractivity contribution in [2.45, 2.75) is 20.3 Å². The van der Waals surface area contributed by atoms with Crippen molar-refractivity contribution in [1.82, 2.24) is 9.88 Å². The Labute approximate surface area is 198 Å². The summed E-state index contributed by atoms with van der Waals surface area (Å²) < 4.78 is 17.4. The Morgan fingerprint density at radius 3 is 2.55 bits per heavy atom. The molecule has 1 aromatic heterocycles. The van der Waals surface area contributed by atoms with E-state index in [1.807, 2.05) is 23.1 Å². The molecule has 1 aliphatic heterocycles. The molecule has 4 rings (SSSR count). The number of anilines is 1. The summed E-state index contributed by atoms with van der Waals surface area (Å²) in [6.45, 7) is 8.66. The maximum atomic E-state index is 13.6. The predicted octanol–water partition coefficient (Wildman–Crippen LogP) is 3.84. The number of aromatic nitrogens is 1. The van der Waals surface area contributed by atoms with Gasteiger partial charge in [0.05, 0.1) is 33.9 Å². The van der Waals surface area contributed by atoms with Crippen molar-refractivity contribution in [2.24, 2.45) is 0 Å². The summed E-state index contributed by atoms with van der Waals surface area (Å²) in [5.74, 6) is 1.43. The van der Waals surface area contributed by atoms with Crippen LogP contribution >= 0.6 is 11.3 Å². The molecule has 2 heterocycles. The minimum absolute atomic E-state index is 0.0344. The maximum absolute atomic E-state index is 13.6. The maximum Gasteiger partial charge on any atom is 0.233 e. The average Bonchev–Trinajstić information content (AvgIpc) is 3.26. The van der Waals surface area contributed by atoms with Gasteiger partial charge in [-0.15, -0.1) is 0 Å². The SMILES string of the molecule is COc1ccc(OC)c2sc(N(CCN3CCOCC3)C(=O)Cc3ccc(C)cc3C)nc12. The highest BCUT2D eigenvalue weighted by molar-refractivity contribution is 7.22. The van der Waals surface area contributed by atoms with Crippen LogP contribution in [0.3, 0.4) is 0 Å². The number of hydrogen-bond donors (Lipinski definition) is 0. The fourth-order valence-electron chi connectivity index (χ4n) is 4.09. The Balaban J connectivity index is 1.66. The zero-order valence-corrected chi connectivity index (χ0v) is 20.5. The number of benzene rings is 2. The molecule has 0 aliphatic carbocycles. The van der Waals surface area contributed by atoms with Gasteiger partial charge in [-0.05, 0) is 37.1 Å². The van der Waals surface area contributed by atoms with Gasteiger partial charge in [-0.3, -0.25) is 14.6 Å². The van der Waals surface area contributed by atoms with Gasteiger partial charge in [-0.25, -0.2) is 4.98 Å². The van der Waals surface area contributed by atoms with Crippen molar-refractivity contribution < 1.29 is 19.0 Å². The highest BCUT2D eigenvalue weighted by Crippen LogP contribution is 2.40. The van der Waals surface area contributed by atoms with E-state index >= 15 is 0 Å². The Bertz CT molecular complexity index is 1080. The zero-order valence-electron chi connectivity index (χ0n) is 19.7. The number of methoxy groups -OCH3 is 2. The van der Waals surface area contributed by atoms with E-state index in [0.717, 1.165) is 54.4 Å². The van der Waals surface area contributed by atoms with Crippen molar-refractivity contribution >= 4 is 32.6 Å². The first kappa shape index (κ1) is 23.5. The molecule has 0 N–H and O–H groups in total. The van der Waals surface area contributed by atoms with Gasteiger partial charge in [0.15, 0.2) is 5.13 Å². The molecule has 1 amide bonds. The summed E-state index contributed by atoms with van der Waals surface area (Å²) >= 11 is 1.46. The van der Waals surface area contributed by atoms with E-state index in [1.54, 1.807) is 14.2 Å². The number of hydrogen-bond acceptors (Lipinski definition) is 7. The van der Waals surface area contributed by atoms with Crippen LogP contribution < -0.4 is 14.4 Å². The monoisotopic (exact) mass is 469 g/mol. The standard InChI is InChI=1S/C25H31N3O4S/c1-17-5-6-19(18(2)15-17)16-22(29)28(10-9-27-11-13-32-14-12-27)25-26-23-20(30-3)7-8-21(31-4)24(23)33-25/h5-8,15H,9-14,16H2,1-4H3. The molecule has 0 bridgehead atoms. The van der Waals surface area contributed by atoms with Crippen molar-refractivity contribution in [3.8, 4) is 11.5 Å². The number of aryl methyl sites for hydroxylation is 2. The van der Waals surface area contributed by atoms with E-state index < -0.39 is 0 Å². The van der Waals surface area contributed by atoms with Gasteiger partial charge in [-0.2, -0.15) is 0 Å². The summed E-state index contributed by atoms with van der Waals surface area (Å²) in [7, 11) is 3.27. The molecular weight excluding hydrogens is 438 g/mol. The third kappa shape index (κ3) is 5.29. The number of amides is 1. The summed E-state index contributed by atoms with van der Waals surface area (Å²) in [5, 5.41) is 0.663. The van der Waals surface area contributed by atoms with Crippen LogP contribution in [0.1, 0.15) is 16.7 Å². The van der Waals surface area contributed by atoms with Crippen LogP contribution in [0.15, 0.2) is 30.3 Å². The van der Waals surface area contributed by atoms with E-state index in [4.69, 9.17) is 19.2 Å². The van der Waals surface area contributed by atoms with Gasteiger partial charge < -0.3 is 14.2 Å². The molecule has 1 saturated heterocycles. The molecule has 3 aromatic rings. The molecule has 1 aliphatic rings. The zero-order chi connectivity index (χ0) is 23.4. The fraction of sp³-hybridized carbons (Fsp3) is 0.440. The quantitative estimate of drug-likeness (QED) is 0.500. The number of fused-ring (bicyclic) bond motifs is 1. The largest absolute Gasteiger partial charge is 0.495 e. The molecule has 7 nitrogen and oxygen atoms in total. The number of rotatable bonds is 8. The number of ether oxygens (including phenoxy) is 3. The summed E-state index contributed by atoms with van der Waals surface area (Å²) in [5.41, 5.74) is 4.08. The number of morpholine rings is 1. The van der Waals surface area contributed by atoms with Crippen LogP contribution in [0.2, 0.25) is 0 Å². The lowest BCUT2D eigenvalue weighted by molar-refractivity contribution is -0.118. The lowest BCUT2D eigenvalue weighted by Gasteiger charge is -2.29. The minimum atomic E-state index is 0.0344. The van der Waals surface area contributed by atoms with Gasteiger partial charge in [0.1, 0.15) is 21.7 Å². The second-order valence-electron chi connectivity index (χ2n) is 8.25. The molecule has 1 fully saturated rings. The van der Waals surface area contributed by atoms with Crippen molar-refractivity contribution in [2.75, 3.05) is 58.5 Å². The smallest absolute Gasteiger partial charge is 0.233 e. The molecule has 176 valence electrons. The van der Waals surface area contributed by atoms with Crippen LogP contribution in [0, 0.1) is 13.8 Å². The number of nitrogens with zero attached hydrogens (tertiary/aromatic N) is 3. The Morgan fingerprint density at radius 2 is 1.85 bits per heavy atom. The van der Waals surface area contributed by atoms with Crippen molar-refractivity contribution in [3.05, 3.63) is 47.0 Å². The Morgan fingerprint density at radius 1 is 1.12 bits per heavy atom. The first-order valence-corrected chi connectivity index (χ1v) is 12.0. The van der Waals surface area contributed by atoms with Gasteiger partial charge in [0.2, 0.25) is 5.91 Å². The highest BCUT2D eigenvalue weighted by Gasteiger charge is 2.24. The number of thiazole rings is 1. The molecular formula is C25H31N3O4S. The topological polar surface area (TPSA) is 64.1 Å². The lowest BCUT2D eigenvalue weighted by atomic mass is 10.0. The molecule has 0 spiro atoms. The molecule has 8 heteroatoms. The molecule has 2 aromatic carbocycles. The number of carbonyl (C=O) groups excluding carboxylic acids is 1. The van der Waals surface area contributed by atoms with Crippen LogP contribution in [-0.4, -0.2) is 69.4 Å². The molecule has 0 unspecified atom stereocenters. The van der Waals surface area contributed by atoms with E-state index in [1.165, 1.54) is 16.9 Å². The van der Waals surface area contributed by atoms with E-state index in [-0.39, 0.29) is 5.91 Å². The molecule has 0 atom stereocenters. The third-order valence-corrected chi connectivity index (χ3v) is 7.11. The molecule has 0 saturated carbocycles. The van der Waals surface area contributed by atoms with E-state index in [2.05, 4.69) is 30.9 Å². The fourth-order valence-corrected chi connectivity index (χ4v) is 5.20. The minimum Gasteiger partial charge on any atom is -0.495 e. The van der Waals surface area contributed by atoms with E-state index in [9.17, 15) is 4.79 Å². The Hall–Kier alpha value is -2.68. The van der Waals surface area contributed by atoms with E-state index in [0.29, 0.717) is 29.4 Å². The van der Waals surface area contributed by atoms with Gasteiger partial charge in [-0.1, -0.05) is 35.1 Å². The summed E-state index contributed by atoms with van der Waals surface area (Å²) in [6, 6.07) is 9.95. The van der Waals surface area contributed by atoms with Crippen molar-refractivity contribution in [3.63, 3.8) is 0 Å². The third-order valence-electron chi connectivity index (χ3n) is 6.01. The van der Waals surface area contributed by atoms with Gasteiger partial charge in [0.25, 0.3) is 0 Å². The van der Waals surface area contributed by atoms with Crippen molar-refractivity contribution in [1.29, 1.82) is 0 Å². The lowest BCUT2D eigenvalue weighted by Crippen LogP contribution is -2.43. The average molecular weight is 470 g/mol. The summed E-state index contributed by atoms with van der Waals surface area (Å²) in [6.07, 6.45) is 0.333.